The minimum Gasteiger partial charge on any atom is -0.491 e. The fraction of sp³-hybridized carbons (Fsp3) is 0.500. The van der Waals surface area contributed by atoms with E-state index >= 15 is 0 Å². The maximum absolute atomic E-state index is 10.9. The number of carboxylic acid groups (broad SMARTS) is 1. The summed E-state index contributed by atoms with van der Waals surface area (Å²) in [6, 6.07) is 5.99. The lowest BCUT2D eigenvalue weighted by molar-refractivity contribution is -0.138. The maximum Gasteiger partial charge on any atom is 0.307 e. The Balaban J connectivity index is 2.26. The van der Waals surface area contributed by atoms with Crippen molar-refractivity contribution in [2.45, 2.75) is 39.2 Å². The average molecular weight is 234 g/mol. The Morgan fingerprint density at radius 3 is 2.71 bits per heavy atom. The van der Waals surface area contributed by atoms with Gasteiger partial charge in [0.05, 0.1) is 12.0 Å². The molecular formula is C14H18O3. The lowest BCUT2D eigenvalue weighted by atomic mass is 10.0. The van der Waals surface area contributed by atoms with E-state index in [2.05, 4.69) is 0 Å². The van der Waals surface area contributed by atoms with Gasteiger partial charge < -0.3 is 9.84 Å². The molecule has 2 unspecified atom stereocenters. The van der Waals surface area contributed by atoms with Gasteiger partial charge in [0.25, 0.3) is 0 Å². The molecule has 1 saturated carbocycles. The van der Waals surface area contributed by atoms with Gasteiger partial charge in [-0.3, -0.25) is 4.79 Å². The summed E-state index contributed by atoms with van der Waals surface area (Å²) in [5.41, 5.74) is 2.19. The molecule has 0 bridgehead atoms. The number of carbonyl (C=O) groups is 1. The van der Waals surface area contributed by atoms with E-state index in [1.807, 2.05) is 39.0 Å². The molecule has 0 aromatic heterocycles. The van der Waals surface area contributed by atoms with Gasteiger partial charge >= 0.3 is 5.97 Å². The number of aliphatic carboxylic acids is 1. The normalized spacial score (nSPS) is 22.6. The van der Waals surface area contributed by atoms with Gasteiger partial charge in [0, 0.05) is 5.92 Å². The van der Waals surface area contributed by atoms with Crippen LogP contribution in [0.1, 0.15) is 37.3 Å². The summed E-state index contributed by atoms with van der Waals surface area (Å²) >= 11 is 0. The van der Waals surface area contributed by atoms with Crippen LogP contribution in [0.2, 0.25) is 0 Å². The van der Waals surface area contributed by atoms with Crippen LogP contribution in [-0.2, 0) is 4.79 Å². The van der Waals surface area contributed by atoms with Crippen LogP contribution in [0.5, 0.6) is 5.75 Å². The molecule has 1 aromatic rings. The Hall–Kier alpha value is -1.51. The number of benzene rings is 1. The van der Waals surface area contributed by atoms with Crippen molar-refractivity contribution < 1.29 is 14.6 Å². The molecule has 17 heavy (non-hydrogen) atoms. The fourth-order valence-corrected chi connectivity index (χ4v) is 2.13. The Labute approximate surface area is 101 Å². The fourth-order valence-electron chi connectivity index (χ4n) is 2.13. The van der Waals surface area contributed by atoms with Crippen molar-refractivity contribution in [2.75, 3.05) is 0 Å². The second kappa shape index (κ2) is 4.40. The van der Waals surface area contributed by atoms with Crippen LogP contribution < -0.4 is 4.74 Å². The number of rotatable bonds is 4. The van der Waals surface area contributed by atoms with Gasteiger partial charge in [0.2, 0.25) is 0 Å². The van der Waals surface area contributed by atoms with Gasteiger partial charge in [0.1, 0.15) is 5.75 Å². The number of carboxylic acids is 1. The molecule has 1 aliphatic rings. The molecule has 3 heteroatoms. The molecule has 0 aliphatic heterocycles. The van der Waals surface area contributed by atoms with Crippen molar-refractivity contribution in [3.63, 3.8) is 0 Å². The zero-order chi connectivity index (χ0) is 12.6. The predicted molar refractivity (Wildman–Crippen MR) is 65.4 cm³/mol. The van der Waals surface area contributed by atoms with Crippen LogP contribution in [0.25, 0.3) is 0 Å². The first-order chi connectivity index (χ1) is 7.99. The summed E-state index contributed by atoms with van der Waals surface area (Å²) in [4.78, 5) is 10.9. The van der Waals surface area contributed by atoms with Crippen molar-refractivity contribution in [3.05, 3.63) is 29.3 Å². The molecule has 1 aromatic carbocycles. The zero-order valence-corrected chi connectivity index (χ0v) is 10.4. The first-order valence-electron chi connectivity index (χ1n) is 5.99. The van der Waals surface area contributed by atoms with Crippen LogP contribution >= 0.6 is 0 Å². The summed E-state index contributed by atoms with van der Waals surface area (Å²) in [5, 5.41) is 8.99. The largest absolute Gasteiger partial charge is 0.491 e. The third-order valence-electron chi connectivity index (χ3n) is 3.04. The number of ether oxygens (including phenoxy) is 1. The van der Waals surface area contributed by atoms with E-state index in [0.717, 1.165) is 23.3 Å². The third kappa shape index (κ3) is 2.60. The molecule has 1 aliphatic carbocycles. The Morgan fingerprint density at radius 1 is 1.47 bits per heavy atom. The van der Waals surface area contributed by atoms with E-state index in [1.165, 1.54) is 0 Å². The van der Waals surface area contributed by atoms with Crippen LogP contribution in [0, 0.1) is 12.8 Å². The van der Waals surface area contributed by atoms with Gasteiger partial charge in [-0.05, 0) is 38.8 Å². The lowest BCUT2D eigenvalue weighted by Crippen LogP contribution is -2.08. The van der Waals surface area contributed by atoms with Crippen LogP contribution in [-0.4, -0.2) is 17.2 Å². The Kier molecular flexibility index (Phi) is 3.09. The molecule has 1 fully saturated rings. The van der Waals surface area contributed by atoms with Crippen LogP contribution in [0.3, 0.4) is 0 Å². The highest BCUT2D eigenvalue weighted by Gasteiger charge is 2.45. The summed E-state index contributed by atoms with van der Waals surface area (Å²) < 4.78 is 5.74. The van der Waals surface area contributed by atoms with Gasteiger partial charge in [-0.15, -0.1) is 0 Å². The van der Waals surface area contributed by atoms with Crippen molar-refractivity contribution in [2.24, 2.45) is 5.92 Å². The highest BCUT2D eigenvalue weighted by Crippen LogP contribution is 2.50. The standard InChI is InChI=1S/C14H18O3/c1-8(2)17-13-5-4-9(3)6-11(13)10-7-12(10)14(15)16/h4-6,8,10,12H,7H2,1-3H3,(H,15,16). The molecule has 3 nitrogen and oxygen atoms in total. The monoisotopic (exact) mass is 234 g/mol. The Bertz CT molecular complexity index is 437. The highest BCUT2D eigenvalue weighted by atomic mass is 16.5. The minimum absolute atomic E-state index is 0.110. The topological polar surface area (TPSA) is 46.5 Å². The molecule has 0 heterocycles. The van der Waals surface area contributed by atoms with Crippen molar-refractivity contribution in [1.29, 1.82) is 0 Å². The van der Waals surface area contributed by atoms with Crippen molar-refractivity contribution >= 4 is 5.97 Å². The summed E-state index contributed by atoms with van der Waals surface area (Å²) in [5.74, 6) is 0.0267. The van der Waals surface area contributed by atoms with Crippen LogP contribution in [0.15, 0.2) is 18.2 Å². The molecule has 92 valence electrons. The Morgan fingerprint density at radius 2 is 2.18 bits per heavy atom. The van der Waals surface area contributed by atoms with Crippen molar-refractivity contribution in [3.8, 4) is 5.75 Å². The predicted octanol–water partition coefficient (Wildman–Crippen LogP) is 2.97. The summed E-state index contributed by atoms with van der Waals surface area (Å²) in [6.07, 6.45) is 0.839. The molecule has 0 spiro atoms. The van der Waals surface area contributed by atoms with E-state index in [1.54, 1.807) is 0 Å². The van der Waals surface area contributed by atoms with Crippen LogP contribution in [0.4, 0.5) is 0 Å². The summed E-state index contributed by atoms with van der Waals surface area (Å²) in [6.45, 7) is 5.97. The molecule has 1 N–H and O–H groups in total. The summed E-state index contributed by atoms with van der Waals surface area (Å²) in [7, 11) is 0. The molecule has 0 amide bonds. The number of hydrogen-bond donors (Lipinski definition) is 1. The van der Waals surface area contributed by atoms with E-state index < -0.39 is 5.97 Å². The second-order valence-corrected chi connectivity index (χ2v) is 4.99. The molecule has 2 rings (SSSR count). The molecule has 0 saturated heterocycles. The van der Waals surface area contributed by atoms with Gasteiger partial charge in [-0.2, -0.15) is 0 Å². The van der Waals surface area contributed by atoms with Gasteiger partial charge in [-0.1, -0.05) is 17.7 Å². The smallest absolute Gasteiger partial charge is 0.307 e. The van der Waals surface area contributed by atoms with E-state index in [0.29, 0.717) is 0 Å². The number of aryl methyl sites for hydroxylation is 1. The second-order valence-electron chi connectivity index (χ2n) is 4.99. The first-order valence-corrected chi connectivity index (χ1v) is 5.99. The molecular weight excluding hydrogens is 216 g/mol. The minimum atomic E-state index is -0.702. The van der Waals surface area contributed by atoms with E-state index in [9.17, 15) is 4.79 Å². The SMILES string of the molecule is Cc1ccc(OC(C)C)c(C2CC2C(=O)O)c1. The van der Waals surface area contributed by atoms with E-state index in [4.69, 9.17) is 9.84 Å². The average Bonchev–Trinajstić information content (AvgIpc) is 2.99. The van der Waals surface area contributed by atoms with Crippen molar-refractivity contribution in [1.82, 2.24) is 0 Å². The molecule has 0 radical (unpaired) electrons. The number of hydrogen-bond acceptors (Lipinski definition) is 2. The highest BCUT2D eigenvalue weighted by molar-refractivity contribution is 5.75. The maximum atomic E-state index is 10.9. The van der Waals surface area contributed by atoms with E-state index in [-0.39, 0.29) is 17.9 Å². The van der Waals surface area contributed by atoms with Gasteiger partial charge in [0.15, 0.2) is 0 Å². The quantitative estimate of drug-likeness (QED) is 0.871. The molecule has 2 atom stereocenters. The lowest BCUT2D eigenvalue weighted by Gasteiger charge is -2.14. The first kappa shape index (κ1) is 12.0. The zero-order valence-electron chi connectivity index (χ0n) is 10.4. The third-order valence-corrected chi connectivity index (χ3v) is 3.04. The van der Waals surface area contributed by atoms with Gasteiger partial charge in [-0.25, -0.2) is 0 Å².